The summed E-state index contributed by atoms with van der Waals surface area (Å²) in [5.41, 5.74) is 0. The standard InChI is InChI=1S/C11H22N2O2/c1-10(2)3-7-15-8-6-13-5-4-12-9-11(13)14/h10,12H,3-9H2,1-2H3. The zero-order valence-corrected chi connectivity index (χ0v) is 9.79. The molecule has 1 aliphatic heterocycles. The molecule has 1 heterocycles. The van der Waals surface area contributed by atoms with Gasteiger partial charge >= 0.3 is 0 Å². The van der Waals surface area contributed by atoms with Crippen LogP contribution < -0.4 is 5.32 Å². The molecule has 1 rings (SSSR count). The lowest BCUT2D eigenvalue weighted by molar-refractivity contribution is -0.132. The van der Waals surface area contributed by atoms with Crippen LogP contribution in [-0.2, 0) is 9.53 Å². The van der Waals surface area contributed by atoms with E-state index in [-0.39, 0.29) is 5.91 Å². The van der Waals surface area contributed by atoms with Gasteiger partial charge in [0.25, 0.3) is 0 Å². The molecule has 0 aromatic carbocycles. The summed E-state index contributed by atoms with van der Waals surface area (Å²) >= 11 is 0. The first-order valence-corrected chi connectivity index (χ1v) is 5.76. The average molecular weight is 214 g/mol. The van der Waals surface area contributed by atoms with Gasteiger partial charge in [0, 0.05) is 26.2 Å². The van der Waals surface area contributed by atoms with Gasteiger partial charge in [0.2, 0.25) is 5.91 Å². The normalized spacial score (nSPS) is 17.5. The van der Waals surface area contributed by atoms with Gasteiger partial charge in [-0.3, -0.25) is 4.79 Å². The Balaban J connectivity index is 2.01. The molecule has 0 aliphatic carbocycles. The maximum Gasteiger partial charge on any atom is 0.236 e. The number of hydrogen-bond donors (Lipinski definition) is 1. The summed E-state index contributed by atoms with van der Waals surface area (Å²) in [6, 6.07) is 0. The highest BCUT2D eigenvalue weighted by atomic mass is 16.5. The van der Waals surface area contributed by atoms with Crippen LogP contribution >= 0.6 is 0 Å². The van der Waals surface area contributed by atoms with E-state index in [1.807, 2.05) is 4.90 Å². The van der Waals surface area contributed by atoms with Gasteiger partial charge in [-0.1, -0.05) is 13.8 Å². The molecule has 0 aromatic heterocycles. The van der Waals surface area contributed by atoms with Crippen LogP contribution in [0.1, 0.15) is 20.3 Å². The lowest BCUT2D eigenvalue weighted by Crippen LogP contribution is -2.49. The van der Waals surface area contributed by atoms with Crippen molar-refractivity contribution in [1.82, 2.24) is 10.2 Å². The van der Waals surface area contributed by atoms with Crippen LogP contribution in [0, 0.1) is 5.92 Å². The van der Waals surface area contributed by atoms with Gasteiger partial charge in [-0.25, -0.2) is 0 Å². The fourth-order valence-corrected chi connectivity index (χ4v) is 1.48. The Labute approximate surface area is 92.0 Å². The molecule has 0 radical (unpaired) electrons. The minimum Gasteiger partial charge on any atom is -0.380 e. The third-order valence-corrected chi connectivity index (χ3v) is 2.53. The van der Waals surface area contributed by atoms with E-state index in [1.165, 1.54) is 0 Å². The number of carbonyl (C=O) groups is 1. The Morgan fingerprint density at radius 3 is 2.93 bits per heavy atom. The second kappa shape index (κ2) is 6.80. The van der Waals surface area contributed by atoms with Crippen molar-refractivity contribution >= 4 is 5.91 Å². The number of nitrogens with zero attached hydrogens (tertiary/aromatic N) is 1. The van der Waals surface area contributed by atoms with Crippen LogP contribution in [-0.4, -0.2) is 50.2 Å². The lowest BCUT2D eigenvalue weighted by Gasteiger charge is -2.27. The zero-order chi connectivity index (χ0) is 11.1. The van der Waals surface area contributed by atoms with E-state index >= 15 is 0 Å². The molecule has 4 nitrogen and oxygen atoms in total. The molecular weight excluding hydrogens is 192 g/mol. The van der Waals surface area contributed by atoms with E-state index in [2.05, 4.69) is 19.2 Å². The highest BCUT2D eigenvalue weighted by molar-refractivity contribution is 5.78. The van der Waals surface area contributed by atoms with Crippen molar-refractivity contribution < 1.29 is 9.53 Å². The Morgan fingerprint density at radius 1 is 1.47 bits per heavy atom. The Hall–Kier alpha value is -0.610. The van der Waals surface area contributed by atoms with Gasteiger partial charge in [-0.2, -0.15) is 0 Å². The van der Waals surface area contributed by atoms with Crippen LogP contribution in [0.25, 0.3) is 0 Å². The van der Waals surface area contributed by atoms with Crippen molar-refractivity contribution in [2.75, 3.05) is 39.4 Å². The Bertz CT molecular complexity index is 195. The lowest BCUT2D eigenvalue weighted by atomic mass is 10.1. The summed E-state index contributed by atoms with van der Waals surface area (Å²) in [7, 11) is 0. The largest absolute Gasteiger partial charge is 0.380 e. The third kappa shape index (κ3) is 5.14. The molecular formula is C11H22N2O2. The van der Waals surface area contributed by atoms with Gasteiger partial charge in [-0.05, 0) is 12.3 Å². The molecule has 1 N–H and O–H groups in total. The fourth-order valence-electron chi connectivity index (χ4n) is 1.48. The van der Waals surface area contributed by atoms with Crippen molar-refractivity contribution in [2.24, 2.45) is 5.92 Å². The number of ether oxygens (including phenoxy) is 1. The van der Waals surface area contributed by atoms with Crippen molar-refractivity contribution in [3.8, 4) is 0 Å². The van der Waals surface area contributed by atoms with E-state index < -0.39 is 0 Å². The molecule has 1 aliphatic rings. The topological polar surface area (TPSA) is 41.6 Å². The first-order chi connectivity index (χ1) is 7.20. The summed E-state index contributed by atoms with van der Waals surface area (Å²) in [5.74, 6) is 0.875. The summed E-state index contributed by atoms with van der Waals surface area (Å²) in [5, 5.41) is 3.05. The average Bonchev–Trinajstić information content (AvgIpc) is 2.20. The first kappa shape index (κ1) is 12.5. The minimum atomic E-state index is 0.189. The summed E-state index contributed by atoms with van der Waals surface area (Å²) in [4.78, 5) is 13.2. The number of rotatable bonds is 6. The van der Waals surface area contributed by atoms with E-state index in [0.29, 0.717) is 19.1 Å². The molecule has 88 valence electrons. The van der Waals surface area contributed by atoms with Crippen molar-refractivity contribution in [1.29, 1.82) is 0 Å². The maximum absolute atomic E-state index is 11.4. The highest BCUT2D eigenvalue weighted by Gasteiger charge is 2.16. The van der Waals surface area contributed by atoms with E-state index in [0.717, 1.165) is 32.7 Å². The summed E-state index contributed by atoms with van der Waals surface area (Å²) in [6.45, 7) is 8.76. The van der Waals surface area contributed by atoms with Crippen LogP contribution in [0.3, 0.4) is 0 Å². The summed E-state index contributed by atoms with van der Waals surface area (Å²) < 4.78 is 5.48. The highest BCUT2D eigenvalue weighted by Crippen LogP contribution is 1.99. The number of hydrogen-bond acceptors (Lipinski definition) is 3. The van der Waals surface area contributed by atoms with Gasteiger partial charge in [0.05, 0.1) is 13.2 Å². The zero-order valence-electron chi connectivity index (χ0n) is 9.79. The maximum atomic E-state index is 11.4. The predicted octanol–water partition coefficient (Wildman–Crippen LogP) is 0.481. The monoisotopic (exact) mass is 214 g/mol. The molecule has 4 heteroatoms. The number of amides is 1. The van der Waals surface area contributed by atoms with Crippen LogP contribution in [0.15, 0.2) is 0 Å². The van der Waals surface area contributed by atoms with E-state index in [1.54, 1.807) is 0 Å². The number of nitrogens with one attached hydrogen (secondary N) is 1. The van der Waals surface area contributed by atoms with E-state index in [9.17, 15) is 4.79 Å². The Kier molecular flexibility index (Phi) is 5.65. The van der Waals surface area contributed by atoms with Crippen LogP contribution in [0.2, 0.25) is 0 Å². The third-order valence-electron chi connectivity index (χ3n) is 2.53. The van der Waals surface area contributed by atoms with Gasteiger partial charge in [-0.15, -0.1) is 0 Å². The molecule has 0 spiro atoms. The quantitative estimate of drug-likeness (QED) is 0.654. The Morgan fingerprint density at radius 2 is 2.27 bits per heavy atom. The van der Waals surface area contributed by atoms with Gasteiger partial charge in [0.15, 0.2) is 0 Å². The molecule has 0 saturated carbocycles. The molecule has 0 unspecified atom stereocenters. The first-order valence-electron chi connectivity index (χ1n) is 5.76. The van der Waals surface area contributed by atoms with Gasteiger partial charge in [0.1, 0.15) is 0 Å². The van der Waals surface area contributed by atoms with Crippen LogP contribution in [0.4, 0.5) is 0 Å². The molecule has 15 heavy (non-hydrogen) atoms. The molecule has 1 fully saturated rings. The molecule has 1 saturated heterocycles. The fraction of sp³-hybridized carbons (Fsp3) is 0.909. The predicted molar refractivity (Wildman–Crippen MR) is 59.7 cm³/mol. The second-order valence-electron chi connectivity index (χ2n) is 4.35. The minimum absolute atomic E-state index is 0.189. The van der Waals surface area contributed by atoms with E-state index in [4.69, 9.17) is 4.74 Å². The number of carbonyl (C=O) groups excluding carboxylic acids is 1. The van der Waals surface area contributed by atoms with Crippen molar-refractivity contribution in [3.05, 3.63) is 0 Å². The van der Waals surface area contributed by atoms with Crippen molar-refractivity contribution in [3.63, 3.8) is 0 Å². The summed E-state index contributed by atoms with van der Waals surface area (Å²) in [6.07, 6.45) is 1.09. The molecule has 0 atom stereocenters. The van der Waals surface area contributed by atoms with Crippen LogP contribution in [0.5, 0.6) is 0 Å². The smallest absolute Gasteiger partial charge is 0.236 e. The molecule has 1 amide bonds. The SMILES string of the molecule is CC(C)CCOCCN1CCNCC1=O. The molecule has 0 bridgehead atoms. The molecule has 0 aromatic rings. The van der Waals surface area contributed by atoms with Crippen molar-refractivity contribution in [2.45, 2.75) is 20.3 Å². The van der Waals surface area contributed by atoms with Gasteiger partial charge < -0.3 is 15.0 Å². The second-order valence-corrected chi connectivity index (χ2v) is 4.35. The number of piperazine rings is 1.